The van der Waals surface area contributed by atoms with Crippen LogP contribution in [0.2, 0.25) is 0 Å². The van der Waals surface area contributed by atoms with E-state index in [1.807, 2.05) is 24.3 Å². The highest BCUT2D eigenvalue weighted by Crippen LogP contribution is 2.28. The SMILES string of the molecule is Cc1cc(C)cc(Cc2ccc3ccccc3c2/C=C(\C#N)C(=O)Nc2ccc(O)cc2)c1. The Morgan fingerprint density at radius 3 is 2.36 bits per heavy atom. The van der Waals surface area contributed by atoms with Gasteiger partial charge in [0.05, 0.1) is 0 Å². The number of anilines is 1. The van der Waals surface area contributed by atoms with Crippen LogP contribution in [0.1, 0.15) is 27.8 Å². The third-order valence-corrected chi connectivity index (χ3v) is 5.52. The molecule has 162 valence electrons. The molecule has 0 atom stereocenters. The number of fused-ring (bicyclic) bond motifs is 1. The van der Waals surface area contributed by atoms with E-state index >= 15 is 0 Å². The first-order valence-electron chi connectivity index (χ1n) is 10.7. The van der Waals surface area contributed by atoms with Crippen molar-refractivity contribution in [2.45, 2.75) is 20.3 Å². The van der Waals surface area contributed by atoms with Crippen molar-refractivity contribution < 1.29 is 9.90 Å². The summed E-state index contributed by atoms with van der Waals surface area (Å²) in [6.07, 6.45) is 2.37. The number of aryl methyl sites for hydroxylation is 2. The molecule has 0 saturated heterocycles. The van der Waals surface area contributed by atoms with Gasteiger partial charge < -0.3 is 10.4 Å². The third-order valence-electron chi connectivity index (χ3n) is 5.52. The molecule has 0 saturated carbocycles. The van der Waals surface area contributed by atoms with Crippen LogP contribution >= 0.6 is 0 Å². The zero-order valence-corrected chi connectivity index (χ0v) is 18.6. The predicted octanol–water partition coefficient (Wildman–Crippen LogP) is 6.30. The van der Waals surface area contributed by atoms with Crippen molar-refractivity contribution >= 4 is 28.4 Å². The largest absolute Gasteiger partial charge is 0.508 e. The fourth-order valence-electron chi connectivity index (χ4n) is 4.09. The molecule has 4 aromatic carbocycles. The Bertz CT molecular complexity index is 1390. The zero-order valence-electron chi connectivity index (χ0n) is 18.6. The topological polar surface area (TPSA) is 73.1 Å². The van der Waals surface area contributed by atoms with Crippen LogP contribution in [0.4, 0.5) is 5.69 Å². The number of phenolic OH excluding ortho intramolecular Hbond substituents is 1. The number of amides is 1. The maximum Gasteiger partial charge on any atom is 0.266 e. The number of nitrogens with zero attached hydrogens (tertiary/aromatic N) is 1. The number of nitrogens with one attached hydrogen (secondary N) is 1. The molecule has 33 heavy (non-hydrogen) atoms. The lowest BCUT2D eigenvalue weighted by Crippen LogP contribution is -2.13. The van der Waals surface area contributed by atoms with Gasteiger partial charge in [-0.2, -0.15) is 5.26 Å². The van der Waals surface area contributed by atoms with Gasteiger partial charge in [0.2, 0.25) is 0 Å². The molecule has 4 rings (SSSR count). The molecular weight excluding hydrogens is 408 g/mol. The van der Waals surface area contributed by atoms with Gasteiger partial charge >= 0.3 is 0 Å². The van der Waals surface area contributed by atoms with Crippen molar-refractivity contribution in [1.82, 2.24) is 0 Å². The summed E-state index contributed by atoms with van der Waals surface area (Å²) in [6, 6.07) is 26.8. The summed E-state index contributed by atoms with van der Waals surface area (Å²) in [4.78, 5) is 12.9. The van der Waals surface area contributed by atoms with Crippen LogP contribution in [0.25, 0.3) is 16.8 Å². The summed E-state index contributed by atoms with van der Waals surface area (Å²) in [5.74, 6) is -0.385. The Balaban J connectivity index is 1.77. The standard InChI is InChI=1S/C29H24N2O2/c1-19-13-20(2)15-21(14-19)16-23-8-7-22-5-3-4-6-27(22)28(23)17-24(18-30)29(33)31-25-9-11-26(32)12-10-25/h3-15,17,32H,16H2,1-2H3,(H,31,33)/b24-17+. The van der Waals surface area contributed by atoms with Crippen molar-refractivity contribution in [3.05, 3.63) is 112 Å². The molecule has 4 aromatic rings. The second-order valence-corrected chi connectivity index (χ2v) is 8.20. The average molecular weight is 433 g/mol. The number of carbonyl (C=O) groups is 1. The van der Waals surface area contributed by atoms with E-state index in [2.05, 4.69) is 55.6 Å². The highest BCUT2D eigenvalue weighted by Gasteiger charge is 2.14. The highest BCUT2D eigenvalue weighted by atomic mass is 16.3. The van der Waals surface area contributed by atoms with Crippen LogP contribution < -0.4 is 5.32 Å². The summed E-state index contributed by atoms with van der Waals surface area (Å²) in [5, 5.41) is 24.0. The average Bonchev–Trinajstić information content (AvgIpc) is 2.79. The minimum Gasteiger partial charge on any atom is -0.508 e. The molecule has 0 spiro atoms. The normalized spacial score (nSPS) is 11.2. The predicted molar refractivity (Wildman–Crippen MR) is 133 cm³/mol. The fourth-order valence-corrected chi connectivity index (χ4v) is 4.09. The molecular formula is C29H24N2O2. The number of phenols is 1. The summed E-state index contributed by atoms with van der Waals surface area (Å²) in [5.41, 5.74) is 6.02. The molecule has 0 fully saturated rings. The van der Waals surface area contributed by atoms with Gasteiger partial charge in [0.25, 0.3) is 5.91 Å². The Kier molecular flexibility index (Phi) is 6.24. The minimum atomic E-state index is -0.492. The first kappa shape index (κ1) is 21.9. The molecule has 0 aliphatic carbocycles. The first-order valence-corrected chi connectivity index (χ1v) is 10.7. The van der Waals surface area contributed by atoms with E-state index in [-0.39, 0.29) is 11.3 Å². The van der Waals surface area contributed by atoms with E-state index in [1.165, 1.54) is 28.8 Å². The number of benzene rings is 4. The van der Waals surface area contributed by atoms with Gasteiger partial charge in [-0.25, -0.2) is 0 Å². The van der Waals surface area contributed by atoms with Crippen molar-refractivity contribution in [3.63, 3.8) is 0 Å². The van der Waals surface area contributed by atoms with Crippen molar-refractivity contribution in [3.8, 4) is 11.8 Å². The van der Waals surface area contributed by atoms with Gasteiger partial charge in [0.15, 0.2) is 0 Å². The number of nitriles is 1. The van der Waals surface area contributed by atoms with Crippen molar-refractivity contribution in [2.24, 2.45) is 0 Å². The minimum absolute atomic E-state index is 0.0149. The van der Waals surface area contributed by atoms with Crippen LogP contribution in [0, 0.1) is 25.2 Å². The highest BCUT2D eigenvalue weighted by molar-refractivity contribution is 6.11. The molecule has 0 aromatic heterocycles. The lowest BCUT2D eigenvalue weighted by molar-refractivity contribution is -0.112. The van der Waals surface area contributed by atoms with Crippen molar-refractivity contribution in [2.75, 3.05) is 5.32 Å². The van der Waals surface area contributed by atoms with E-state index in [0.717, 1.165) is 21.9 Å². The van der Waals surface area contributed by atoms with E-state index < -0.39 is 5.91 Å². The second kappa shape index (κ2) is 9.42. The molecule has 0 aliphatic rings. The maximum atomic E-state index is 12.9. The molecule has 0 bridgehead atoms. The van der Waals surface area contributed by atoms with Crippen molar-refractivity contribution in [1.29, 1.82) is 5.26 Å². The Morgan fingerprint density at radius 1 is 0.970 bits per heavy atom. The first-order chi connectivity index (χ1) is 15.9. The van der Waals surface area contributed by atoms with Crippen LogP contribution in [0.15, 0.2) is 84.4 Å². The second-order valence-electron chi connectivity index (χ2n) is 8.20. The van der Waals surface area contributed by atoms with Gasteiger partial charge in [0, 0.05) is 5.69 Å². The van der Waals surface area contributed by atoms with Gasteiger partial charge in [-0.3, -0.25) is 4.79 Å². The fraction of sp³-hybridized carbons (Fsp3) is 0.103. The van der Waals surface area contributed by atoms with Crippen LogP contribution in [-0.4, -0.2) is 11.0 Å². The summed E-state index contributed by atoms with van der Waals surface area (Å²) >= 11 is 0. The summed E-state index contributed by atoms with van der Waals surface area (Å²) in [6.45, 7) is 4.16. The number of rotatable bonds is 5. The van der Waals surface area contributed by atoms with E-state index in [1.54, 1.807) is 18.2 Å². The van der Waals surface area contributed by atoms with Crippen LogP contribution in [-0.2, 0) is 11.2 Å². The number of carbonyl (C=O) groups excluding carboxylic acids is 1. The Hall–Kier alpha value is -4.36. The number of aromatic hydroxyl groups is 1. The maximum absolute atomic E-state index is 12.9. The lowest BCUT2D eigenvalue weighted by Gasteiger charge is -2.13. The molecule has 4 nitrogen and oxygen atoms in total. The monoisotopic (exact) mass is 432 g/mol. The van der Waals surface area contributed by atoms with Crippen LogP contribution in [0.3, 0.4) is 0 Å². The van der Waals surface area contributed by atoms with Gasteiger partial charge in [0.1, 0.15) is 17.4 Å². The van der Waals surface area contributed by atoms with E-state index in [0.29, 0.717) is 12.1 Å². The Morgan fingerprint density at radius 2 is 1.67 bits per heavy atom. The molecule has 0 heterocycles. The molecule has 2 N–H and O–H groups in total. The van der Waals surface area contributed by atoms with Gasteiger partial charge in [-0.05, 0) is 78.1 Å². The Labute approximate surface area is 193 Å². The lowest BCUT2D eigenvalue weighted by atomic mass is 9.92. The number of hydrogen-bond acceptors (Lipinski definition) is 3. The molecule has 0 aliphatic heterocycles. The van der Waals surface area contributed by atoms with Gasteiger partial charge in [-0.1, -0.05) is 65.7 Å². The summed E-state index contributed by atoms with van der Waals surface area (Å²) < 4.78 is 0. The van der Waals surface area contributed by atoms with E-state index in [4.69, 9.17) is 0 Å². The zero-order chi connectivity index (χ0) is 23.4. The third kappa shape index (κ3) is 5.11. The molecule has 4 heteroatoms. The number of hydrogen-bond donors (Lipinski definition) is 2. The smallest absolute Gasteiger partial charge is 0.266 e. The van der Waals surface area contributed by atoms with E-state index in [9.17, 15) is 15.2 Å². The molecule has 0 unspecified atom stereocenters. The quantitative estimate of drug-likeness (QED) is 0.221. The molecule has 0 radical (unpaired) electrons. The van der Waals surface area contributed by atoms with Gasteiger partial charge in [-0.15, -0.1) is 0 Å². The van der Waals surface area contributed by atoms with Crippen LogP contribution in [0.5, 0.6) is 5.75 Å². The summed E-state index contributed by atoms with van der Waals surface area (Å²) in [7, 11) is 0. The molecule has 1 amide bonds.